The summed E-state index contributed by atoms with van der Waals surface area (Å²) in [6.45, 7) is 0. The number of carboxylic acids is 1. The van der Waals surface area contributed by atoms with Crippen molar-refractivity contribution in [1.82, 2.24) is 0 Å². The third-order valence-corrected chi connectivity index (χ3v) is 0.900. The number of para-hydroxylation sites is 1. The molecule has 0 aromatic heterocycles. The number of anilines is 1. The zero-order valence-electron chi connectivity index (χ0n) is 6.31. The van der Waals surface area contributed by atoms with E-state index in [1.54, 1.807) is 0 Å². The summed E-state index contributed by atoms with van der Waals surface area (Å²) in [5.74, 6) is -1.43. The van der Waals surface area contributed by atoms with Gasteiger partial charge in [-0.15, -0.1) is 0 Å². The lowest BCUT2D eigenvalue weighted by Crippen LogP contribution is -1.91. The van der Waals surface area contributed by atoms with Crippen molar-refractivity contribution in [2.75, 3.05) is 5.73 Å². The monoisotopic (exact) mass is 167 g/mol. The van der Waals surface area contributed by atoms with Gasteiger partial charge >= 0.3 is 5.97 Å². The van der Waals surface area contributed by atoms with Gasteiger partial charge in [-0.1, -0.05) is 18.2 Å². The van der Waals surface area contributed by atoms with E-state index >= 15 is 0 Å². The van der Waals surface area contributed by atoms with Crippen molar-refractivity contribution in [3.8, 4) is 0 Å². The Labute approximate surface area is 69.6 Å². The zero-order valence-corrected chi connectivity index (χ0v) is 6.31. The van der Waals surface area contributed by atoms with Gasteiger partial charge in [-0.05, 0) is 12.1 Å². The number of nitrogen functional groups attached to an aromatic ring is 1. The fourth-order valence-electron chi connectivity index (χ4n) is 0.453. The van der Waals surface area contributed by atoms with E-state index < -0.39 is 5.97 Å². The Bertz CT molecular complexity index is 246. The first kappa shape index (κ1) is 10.2. The van der Waals surface area contributed by atoms with Crippen LogP contribution >= 0.6 is 0 Å². The standard InChI is InChI=1S/C6H7N.C2H2O3/c7-6-4-2-1-3-5-6;3-1-2(4)5/h1-5H,7H2;1H,(H,4,5). The number of hydrogen-bond donors (Lipinski definition) is 2. The van der Waals surface area contributed by atoms with Crippen LogP contribution in [-0.4, -0.2) is 17.4 Å². The average Bonchev–Trinajstić information content (AvgIpc) is 2.07. The highest BCUT2D eigenvalue weighted by Crippen LogP contribution is 1.95. The van der Waals surface area contributed by atoms with Gasteiger partial charge < -0.3 is 10.8 Å². The van der Waals surface area contributed by atoms with Crippen molar-refractivity contribution >= 4 is 17.9 Å². The average molecular weight is 167 g/mol. The Morgan fingerprint density at radius 1 is 1.33 bits per heavy atom. The normalized spacial score (nSPS) is 7.67. The predicted molar refractivity (Wildman–Crippen MR) is 44.6 cm³/mol. The summed E-state index contributed by atoms with van der Waals surface area (Å²) in [7, 11) is 0. The molecule has 0 amide bonds. The molecule has 1 aromatic rings. The second kappa shape index (κ2) is 5.91. The van der Waals surface area contributed by atoms with E-state index in [-0.39, 0.29) is 6.29 Å². The number of nitrogens with two attached hydrogens (primary N) is 1. The number of benzene rings is 1. The summed E-state index contributed by atoms with van der Waals surface area (Å²) < 4.78 is 0. The second-order valence-corrected chi connectivity index (χ2v) is 1.87. The van der Waals surface area contributed by atoms with E-state index in [9.17, 15) is 0 Å². The first-order chi connectivity index (χ1) is 5.66. The Morgan fingerprint density at radius 3 is 1.92 bits per heavy atom. The summed E-state index contributed by atoms with van der Waals surface area (Å²) in [6.07, 6.45) is -0.167. The molecule has 0 unspecified atom stereocenters. The molecule has 0 saturated heterocycles. The topological polar surface area (TPSA) is 80.4 Å². The first-order valence-electron chi connectivity index (χ1n) is 3.15. The van der Waals surface area contributed by atoms with Crippen LogP contribution in [0.15, 0.2) is 30.3 Å². The van der Waals surface area contributed by atoms with Crippen LogP contribution in [-0.2, 0) is 9.59 Å². The molecule has 1 aromatic carbocycles. The lowest BCUT2D eigenvalue weighted by molar-refractivity contribution is -0.143. The molecule has 0 fully saturated rings. The minimum atomic E-state index is -1.43. The number of aliphatic carboxylic acids is 1. The maximum atomic E-state index is 9.00. The van der Waals surface area contributed by atoms with Crippen LogP contribution in [0.3, 0.4) is 0 Å². The fraction of sp³-hybridized carbons (Fsp3) is 0. The smallest absolute Gasteiger partial charge is 0.368 e. The molecule has 0 bridgehead atoms. The van der Waals surface area contributed by atoms with E-state index in [4.69, 9.17) is 20.4 Å². The number of carbonyl (C=O) groups is 2. The maximum absolute atomic E-state index is 9.00. The molecule has 0 heterocycles. The Kier molecular flexibility index (Phi) is 5.00. The molecular formula is C8H9NO3. The van der Waals surface area contributed by atoms with Gasteiger partial charge in [0, 0.05) is 5.69 Å². The summed E-state index contributed by atoms with van der Waals surface area (Å²) in [5.41, 5.74) is 6.18. The molecule has 0 aliphatic rings. The van der Waals surface area contributed by atoms with E-state index in [1.807, 2.05) is 30.3 Å². The Balaban J connectivity index is 0.000000217. The Morgan fingerprint density at radius 2 is 1.75 bits per heavy atom. The predicted octanol–water partition coefficient (Wildman–Crippen LogP) is 0.539. The molecule has 1 rings (SSSR count). The zero-order chi connectivity index (χ0) is 9.40. The quantitative estimate of drug-likeness (QED) is 0.363. The summed E-state index contributed by atoms with van der Waals surface area (Å²) in [6, 6.07) is 9.49. The number of carbonyl (C=O) groups excluding carboxylic acids is 1. The van der Waals surface area contributed by atoms with Crippen LogP contribution in [0.5, 0.6) is 0 Å². The van der Waals surface area contributed by atoms with Crippen molar-refractivity contribution in [3.05, 3.63) is 30.3 Å². The van der Waals surface area contributed by atoms with Gasteiger partial charge in [-0.3, -0.25) is 4.79 Å². The highest BCUT2D eigenvalue weighted by atomic mass is 16.4. The van der Waals surface area contributed by atoms with Crippen LogP contribution < -0.4 is 5.73 Å². The lowest BCUT2D eigenvalue weighted by atomic mass is 10.3. The molecule has 4 heteroatoms. The van der Waals surface area contributed by atoms with Crippen molar-refractivity contribution < 1.29 is 14.7 Å². The van der Waals surface area contributed by atoms with E-state index in [0.717, 1.165) is 5.69 Å². The van der Waals surface area contributed by atoms with Crippen molar-refractivity contribution in [2.45, 2.75) is 0 Å². The van der Waals surface area contributed by atoms with Gasteiger partial charge in [0.15, 0.2) is 0 Å². The van der Waals surface area contributed by atoms with Gasteiger partial charge in [-0.25, -0.2) is 4.79 Å². The molecule has 4 nitrogen and oxygen atoms in total. The molecular weight excluding hydrogens is 158 g/mol. The highest BCUT2D eigenvalue weighted by molar-refractivity contribution is 6.19. The molecule has 0 aliphatic carbocycles. The van der Waals surface area contributed by atoms with Gasteiger partial charge in [0.2, 0.25) is 6.29 Å². The lowest BCUT2D eigenvalue weighted by Gasteiger charge is -1.83. The summed E-state index contributed by atoms with van der Waals surface area (Å²) in [5, 5.41) is 7.35. The van der Waals surface area contributed by atoms with Crippen LogP contribution in [0.25, 0.3) is 0 Å². The van der Waals surface area contributed by atoms with Gasteiger partial charge in [0.25, 0.3) is 0 Å². The van der Waals surface area contributed by atoms with Crippen LogP contribution in [0, 0.1) is 0 Å². The van der Waals surface area contributed by atoms with E-state index in [0.29, 0.717) is 0 Å². The largest absolute Gasteiger partial charge is 0.476 e. The molecule has 0 aliphatic heterocycles. The minimum Gasteiger partial charge on any atom is -0.476 e. The Hall–Kier alpha value is -1.84. The third-order valence-electron chi connectivity index (χ3n) is 0.900. The van der Waals surface area contributed by atoms with Crippen molar-refractivity contribution in [3.63, 3.8) is 0 Å². The van der Waals surface area contributed by atoms with Gasteiger partial charge in [0.05, 0.1) is 0 Å². The second-order valence-electron chi connectivity index (χ2n) is 1.87. The van der Waals surface area contributed by atoms with E-state index in [2.05, 4.69) is 0 Å². The van der Waals surface area contributed by atoms with Crippen LogP contribution in [0.1, 0.15) is 0 Å². The number of hydrogen-bond acceptors (Lipinski definition) is 3. The molecule has 64 valence electrons. The highest BCUT2D eigenvalue weighted by Gasteiger charge is 1.80. The number of carboxylic acid groups (broad SMARTS) is 1. The van der Waals surface area contributed by atoms with Crippen molar-refractivity contribution in [1.29, 1.82) is 0 Å². The molecule has 12 heavy (non-hydrogen) atoms. The van der Waals surface area contributed by atoms with Crippen LogP contribution in [0.4, 0.5) is 5.69 Å². The summed E-state index contributed by atoms with van der Waals surface area (Å²) in [4.78, 5) is 17.9. The van der Waals surface area contributed by atoms with Gasteiger partial charge in [0.1, 0.15) is 0 Å². The van der Waals surface area contributed by atoms with Crippen LogP contribution in [0.2, 0.25) is 0 Å². The fourth-order valence-corrected chi connectivity index (χ4v) is 0.453. The van der Waals surface area contributed by atoms with E-state index in [1.165, 1.54) is 0 Å². The SMILES string of the molecule is Nc1ccccc1.O=CC(=O)O. The summed E-state index contributed by atoms with van der Waals surface area (Å²) >= 11 is 0. The molecule has 0 radical (unpaired) electrons. The molecule has 0 atom stereocenters. The number of rotatable bonds is 1. The molecule has 0 saturated carbocycles. The maximum Gasteiger partial charge on any atom is 0.368 e. The van der Waals surface area contributed by atoms with Gasteiger partial charge in [-0.2, -0.15) is 0 Å². The number of aldehydes is 1. The first-order valence-corrected chi connectivity index (χ1v) is 3.15. The third kappa shape index (κ3) is 6.28. The minimum absolute atomic E-state index is 0.167. The van der Waals surface area contributed by atoms with Crippen molar-refractivity contribution in [2.24, 2.45) is 0 Å². The molecule has 0 spiro atoms. The molecule has 3 N–H and O–H groups in total.